The van der Waals surface area contributed by atoms with Crippen LogP contribution in [0.2, 0.25) is 0 Å². The van der Waals surface area contributed by atoms with Gasteiger partial charge in [0.15, 0.2) is 5.78 Å². The first-order valence-electron chi connectivity index (χ1n) is 7.19. The van der Waals surface area contributed by atoms with Crippen molar-refractivity contribution in [1.82, 2.24) is 24.5 Å². The fourth-order valence-electron chi connectivity index (χ4n) is 2.52. The quantitative estimate of drug-likeness (QED) is 0.723. The number of carbonyl (C=O) groups is 1. The lowest BCUT2D eigenvalue weighted by Crippen LogP contribution is -2.53. The van der Waals surface area contributed by atoms with E-state index in [4.69, 9.17) is 0 Å². The predicted molar refractivity (Wildman–Crippen MR) is 86.7 cm³/mol. The smallest absolute Gasteiger partial charge is 0.200 e. The molecular weight excluding hydrogens is 334 g/mol. The number of piperazine rings is 1. The van der Waals surface area contributed by atoms with E-state index in [0.717, 1.165) is 30.7 Å². The summed E-state index contributed by atoms with van der Waals surface area (Å²) in [5, 5.41) is 4.34. The Morgan fingerprint density at radius 2 is 2.14 bits per heavy atom. The van der Waals surface area contributed by atoms with Gasteiger partial charge in [-0.2, -0.15) is 5.10 Å². The number of carbonyl (C=O) groups excluding carboxylic acids is 1. The van der Waals surface area contributed by atoms with Gasteiger partial charge in [0, 0.05) is 26.2 Å². The highest BCUT2D eigenvalue weighted by Crippen LogP contribution is 2.21. The average molecular weight is 358 g/mol. The van der Waals surface area contributed by atoms with Gasteiger partial charge in [0.25, 0.3) is 0 Å². The monoisotopic (exact) mass is 357 g/mol. The Morgan fingerprint density at radius 3 is 2.81 bits per heavy atom. The van der Waals surface area contributed by atoms with Crippen molar-refractivity contribution in [3.05, 3.63) is 16.4 Å². The minimum absolute atomic E-state index is 0.102. The van der Waals surface area contributed by atoms with Crippen LogP contribution in [0, 0.1) is 0 Å². The van der Waals surface area contributed by atoms with Gasteiger partial charge in [-0.3, -0.25) is 14.4 Å². The maximum Gasteiger partial charge on any atom is 0.200 e. The van der Waals surface area contributed by atoms with E-state index in [1.807, 2.05) is 25.8 Å². The Morgan fingerprint density at radius 1 is 1.43 bits per heavy atom. The second-order valence-corrected chi connectivity index (χ2v) is 6.84. The molecule has 1 aromatic heterocycles. The molecule has 1 saturated heterocycles. The van der Waals surface area contributed by atoms with Crippen molar-refractivity contribution >= 4 is 21.7 Å². The van der Waals surface area contributed by atoms with Crippen molar-refractivity contribution in [2.45, 2.75) is 12.6 Å². The summed E-state index contributed by atoms with van der Waals surface area (Å²) in [6, 6.07) is -0.102. The SMILES string of the molecule is CN(C)CCn1ncc(Br)c1C(=O)C1CN(C)CCN1C. The van der Waals surface area contributed by atoms with Gasteiger partial charge in [0.2, 0.25) is 0 Å². The molecule has 0 aromatic carbocycles. The third-order valence-electron chi connectivity index (χ3n) is 3.94. The van der Waals surface area contributed by atoms with Gasteiger partial charge in [0.1, 0.15) is 5.69 Å². The highest BCUT2D eigenvalue weighted by Gasteiger charge is 2.32. The van der Waals surface area contributed by atoms with Crippen LogP contribution in [0.25, 0.3) is 0 Å². The molecule has 0 spiro atoms. The molecule has 0 aliphatic carbocycles. The summed E-state index contributed by atoms with van der Waals surface area (Å²) >= 11 is 3.48. The van der Waals surface area contributed by atoms with Crippen molar-refractivity contribution in [3.8, 4) is 0 Å². The summed E-state index contributed by atoms with van der Waals surface area (Å²) in [4.78, 5) is 19.4. The van der Waals surface area contributed by atoms with Gasteiger partial charge in [-0.15, -0.1) is 0 Å². The molecule has 1 atom stereocenters. The molecule has 2 heterocycles. The summed E-state index contributed by atoms with van der Waals surface area (Å²) in [7, 11) is 8.11. The Hall–Kier alpha value is -0.760. The highest BCUT2D eigenvalue weighted by molar-refractivity contribution is 9.10. The molecule has 118 valence electrons. The maximum atomic E-state index is 12.9. The number of hydrogen-bond acceptors (Lipinski definition) is 5. The van der Waals surface area contributed by atoms with Crippen LogP contribution in [-0.2, 0) is 6.54 Å². The molecule has 21 heavy (non-hydrogen) atoms. The Kier molecular flexibility index (Phi) is 5.54. The van der Waals surface area contributed by atoms with E-state index < -0.39 is 0 Å². The van der Waals surface area contributed by atoms with Crippen LogP contribution in [-0.4, -0.2) is 90.7 Å². The third-order valence-corrected chi connectivity index (χ3v) is 4.52. The van der Waals surface area contributed by atoms with Crippen LogP contribution in [0.4, 0.5) is 0 Å². The lowest BCUT2D eigenvalue weighted by molar-refractivity contribution is 0.0674. The van der Waals surface area contributed by atoms with Gasteiger partial charge in [-0.1, -0.05) is 0 Å². The summed E-state index contributed by atoms with van der Waals surface area (Å²) in [5.74, 6) is 0.146. The number of rotatable bonds is 5. The summed E-state index contributed by atoms with van der Waals surface area (Å²) in [6.45, 7) is 4.25. The summed E-state index contributed by atoms with van der Waals surface area (Å²) < 4.78 is 2.60. The van der Waals surface area contributed by atoms with Crippen LogP contribution >= 0.6 is 15.9 Å². The number of nitrogens with zero attached hydrogens (tertiary/aromatic N) is 5. The summed E-state index contributed by atoms with van der Waals surface area (Å²) in [5.41, 5.74) is 0.684. The standard InChI is InChI=1S/C14H24BrN5O/c1-17(2)5-8-20-13(11(15)9-16-20)14(21)12-10-18(3)6-7-19(12)4/h9,12H,5-8,10H2,1-4H3. The maximum absolute atomic E-state index is 12.9. The third kappa shape index (κ3) is 3.91. The first kappa shape index (κ1) is 16.6. The lowest BCUT2D eigenvalue weighted by Gasteiger charge is -2.36. The van der Waals surface area contributed by atoms with Crippen LogP contribution < -0.4 is 0 Å². The normalized spacial score (nSPS) is 21.1. The molecule has 1 aliphatic heterocycles. The molecule has 0 amide bonds. The molecule has 1 aromatic rings. The molecule has 6 nitrogen and oxygen atoms in total. The second-order valence-electron chi connectivity index (χ2n) is 5.99. The number of aromatic nitrogens is 2. The molecule has 1 aliphatic rings. The summed E-state index contributed by atoms with van der Waals surface area (Å²) in [6.07, 6.45) is 1.72. The van der Waals surface area contributed by atoms with Gasteiger partial charge in [-0.25, -0.2) is 0 Å². The highest BCUT2D eigenvalue weighted by atomic mass is 79.9. The fraction of sp³-hybridized carbons (Fsp3) is 0.714. The van der Waals surface area contributed by atoms with Gasteiger partial charge in [0.05, 0.1) is 23.3 Å². The van der Waals surface area contributed by atoms with Crippen LogP contribution in [0.1, 0.15) is 10.5 Å². The van der Waals surface area contributed by atoms with Crippen molar-refractivity contribution in [3.63, 3.8) is 0 Å². The zero-order valence-electron chi connectivity index (χ0n) is 13.2. The molecule has 2 rings (SSSR count). The largest absolute Gasteiger partial charge is 0.308 e. The first-order valence-corrected chi connectivity index (χ1v) is 7.98. The van der Waals surface area contributed by atoms with E-state index >= 15 is 0 Å². The first-order chi connectivity index (χ1) is 9.90. The zero-order chi connectivity index (χ0) is 15.6. The Balaban J connectivity index is 2.19. The number of hydrogen-bond donors (Lipinski definition) is 0. The van der Waals surface area contributed by atoms with Crippen molar-refractivity contribution in [1.29, 1.82) is 0 Å². The van der Waals surface area contributed by atoms with E-state index in [1.165, 1.54) is 0 Å². The Bertz CT molecular complexity index is 502. The molecule has 0 radical (unpaired) electrons. The van der Waals surface area contributed by atoms with Gasteiger partial charge in [-0.05, 0) is 44.1 Å². The van der Waals surface area contributed by atoms with E-state index in [2.05, 4.69) is 42.8 Å². The van der Waals surface area contributed by atoms with Gasteiger partial charge >= 0.3 is 0 Å². The van der Waals surface area contributed by atoms with E-state index in [-0.39, 0.29) is 11.8 Å². The molecule has 0 N–H and O–H groups in total. The Labute approximate surface area is 134 Å². The molecule has 0 bridgehead atoms. The minimum atomic E-state index is -0.102. The zero-order valence-corrected chi connectivity index (χ0v) is 14.8. The van der Waals surface area contributed by atoms with E-state index in [9.17, 15) is 4.79 Å². The minimum Gasteiger partial charge on any atom is -0.308 e. The average Bonchev–Trinajstić information content (AvgIpc) is 2.79. The lowest BCUT2D eigenvalue weighted by atomic mass is 10.1. The molecule has 1 fully saturated rings. The van der Waals surface area contributed by atoms with E-state index in [1.54, 1.807) is 6.20 Å². The van der Waals surface area contributed by atoms with Crippen LogP contribution in [0.3, 0.4) is 0 Å². The molecular formula is C14H24BrN5O. The molecule has 0 saturated carbocycles. The fourth-order valence-corrected chi connectivity index (χ4v) is 3.01. The van der Waals surface area contributed by atoms with Crippen molar-refractivity contribution in [2.24, 2.45) is 0 Å². The number of Topliss-reactive ketones (excluding diaryl/α,β-unsaturated/α-hetero) is 1. The topological polar surface area (TPSA) is 44.6 Å². The number of halogens is 1. The number of likely N-dealkylation sites (N-methyl/N-ethyl adjacent to an activating group) is 3. The van der Waals surface area contributed by atoms with Gasteiger partial charge < -0.3 is 9.80 Å². The van der Waals surface area contributed by atoms with E-state index in [0.29, 0.717) is 12.2 Å². The van der Waals surface area contributed by atoms with Crippen molar-refractivity contribution < 1.29 is 4.79 Å². The predicted octanol–water partition coefficient (Wildman–Crippen LogP) is 0.636. The van der Waals surface area contributed by atoms with Crippen molar-refractivity contribution in [2.75, 3.05) is 54.4 Å². The molecule has 1 unspecified atom stereocenters. The molecule has 7 heteroatoms. The number of ketones is 1. The van der Waals surface area contributed by atoms with Crippen LogP contribution in [0.5, 0.6) is 0 Å². The second kappa shape index (κ2) is 7.00. The van der Waals surface area contributed by atoms with Crippen LogP contribution in [0.15, 0.2) is 10.7 Å².